The highest BCUT2D eigenvalue weighted by Crippen LogP contribution is 2.23. The Balaban J connectivity index is 2.07. The van der Waals surface area contributed by atoms with Crippen molar-refractivity contribution in [1.82, 2.24) is 9.55 Å². The van der Waals surface area contributed by atoms with Crippen molar-refractivity contribution in [2.45, 2.75) is 13.5 Å². The van der Waals surface area contributed by atoms with Gasteiger partial charge in [0.2, 0.25) is 11.5 Å². The monoisotopic (exact) mass is 367 g/mol. The molecule has 120 valence electrons. The molecule has 0 aliphatic carbocycles. The Morgan fingerprint density at radius 2 is 2.35 bits per heavy atom. The highest BCUT2D eigenvalue weighted by atomic mass is 35.5. The second-order valence-electron chi connectivity index (χ2n) is 4.81. The zero-order chi connectivity index (χ0) is 16.4. The van der Waals surface area contributed by atoms with Gasteiger partial charge in [0.15, 0.2) is 4.47 Å². The minimum absolute atomic E-state index is 0.149. The molecule has 23 heavy (non-hydrogen) atoms. The topological polar surface area (TPSA) is 62.0 Å². The molecule has 0 unspecified atom stereocenters. The number of hydrogen-bond donors (Lipinski definition) is 0. The number of Topliss-reactive ketones (excluding diaryl/α,β-unsaturated/α-hetero) is 1. The summed E-state index contributed by atoms with van der Waals surface area (Å²) in [5.41, 5.74) is 0.893. The minimum atomic E-state index is -0.276. The lowest BCUT2D eigenvalue weighted by Crippen LogP contribution is -2.28. The summed E-state index contributed by atoms with van der Waals surface area (Å²) >= 11 is 8.69. The standard InChI is InChI=1S/C15H14ClN3O2S2/c1-2-22-9-11(20)13-14(21)19(8-10-7-17-15(16)23-10)12-5-3-4-6-18(12)13/h3-7H,2,8-9H2,1H3. The van der Waals surface area contributed by atoms with E-state index in [0.29, 0.717) is 22.4 Å². The zero-order valence-electron chi connectivity index (χ0n) is 12.4. The maximum Gasteiger partial charge on any atom is 0.286 e. The van der Waals surface area contributed by atoms with Crippen LogP contribution in [0.3, 0.4) is 0 Å². The molecule has 5 nitrogen and oxygen atoms in total. The van der Waals surface area contributed by atoms with E-state index >= 15 is 0 Å². The molecule has 0 spiro atoms. The number of thiazole rings is 1. The van der Waals surface area contributed by atoms with Crippen LogP contribution in [0.5, 0.6) is 5.88 Å². The quantitative estimate of drug-likeness (QED) is 0.495. The highest BCUT2D eigenvalue weighted by molar-refractivity contribution is 7.99. The van der Waals surface area contributed by atoms with E-state index in [-0.39, 0.29) is 17.4 Å². The molecule has 0 fully saturated rings. The lowest BCUT2D eigenvalue weighted by molar-refractivity contribution is -0.516. The molecule has 0 saturated carbocycles. The van der Waals surface area contributed by atoms with Crippen LogP contribution in [0.1, 0.15) is 22.3 Å². The molecular formula is C15H14ClN3O2S2. The van der Waals surface area contributed by atoms with Crippen LogP contribution in [-0.4, -0.2) is 26.8 Å². The number of fused-ring (bicyclic) bond motifs is 1. The van der Waals surface area contributed by atoms with Gasteiger partial charge in [0, 0.05) is 12.3 Å². The van der Waals surface area contributed by atoms with Gasteiger partial charge in [0.05, 0.1) is 16.8 Å². The molecule has 0 aliphatic heterocycles. The van der Waals surface area contributed by atoms with E-state index in [4.69, 9.17) is 11.6 Å². The van der Waals surface area contributed by atoms with E-state index in [0.717, 1.165) is 10.6 Å². The van der Waals surface area contributed by atoms with Gasteiger partial charge >= 0.3 is 0 Å². The van der Waals surface area contributed by atoms with Gasteiger partial charge in [-0.25, -0.2) is 9.55 Å². The van der Waals surface area contributed by atoms with Gasteiger partial charge in [-0.2, -0.15) is 16.2 Å². The molecule has 0 aliphatic rings. The number of ketones is 1. The zero-order valence-corrected chi connectivity index (χ0v) is 14.7. The SMILES string of the molecule is CCSCC(=O)c1c([O-])n(Cc2cnc(Cl)s2)c2cccc[n+]12. The van der Waals surface area contributed by atoms with Crippen LogP contribution in [-0.2, 0) is 6.54 Å². The third kappa shape index (κ3) is 3.22. The molecule has 3 aromatic rings. The number of thioether (sulfide) groups is 1. The smallest absolute Gasteiger partial charge is 0.286 e. The number of carbonyl (C=O) groups excluding carboxylic acids is 1. The number of imidazole rings is 1. The third-order valence-corrected chi connectivity index (χ3v) is 5.32. The van der Waals surface area contributed by atoms with Crippen molar-refractivity contribution in [3.8, 4) is 5.88 Å². The predicted octanol–water partition coefficient (Wildman–Crippen LogP) is 2.39. The number of rotatable bonds is 6. The first-order valence-corrected chi connectivity index (χ1v) is 9.37. The summed E-state index contributed by atoms with van der Waals surface area (Å²) in [4.78, 5) is 17.3. The van der Waals surface area contributed by atoms with Crippen LogP contribution >= 0.6 is 34.7 Å². The molecule has 3 aromatic heterocycles. The van der Waals surface area contributed by atoms with Crippen molar-refractivity contribution in [2.24, 2.45) is 0 Å². The Morgan fingerprint density at radius 1 is 1.52 bits per heavy atom. The van der Waals surface area contributed by atoms with Crippen molar-refractivity contribution in [2.75, 3.05) is 11.5 Å². The molecule has 0 aromatic carbocycles. The molecular weight excluding hydrogens is 354 g/mol. The van der Waals surface area contributed by atoms with Gasteiger partial charge in [-0.3, -0.25) is 4.79 Å². The average Bonchev–Trinajstić information content (AvgIpc) is 3.07. The Labute approximate surface area is 146 Å². The second kappa shape index (κ2) is 6.90. The number of aromatic nitrogens is 3. The first-order chi connectivity index (χ1) is 11.1. The van der Waals surface area contributed by atoms with Gasteiger partial charge in [-0.05, 0) is 11.8 Å². The van der Waals surface area contributed by atoms with E-state index in [1.807, 2.05) is 25.1 Å². The molecule has 0 saturated heterocycles. The Hall–Kier alpha value is -1.57. The van der Waals surface area contributed by atoms with Crippen molar-refractivity contribution in [1.29, 1.82) is 0 Å². The van der Waals surface area contributed by atoms with Crippen molar-refractivity contribution in [3.05, 3.63) is 45.6 Å². The Bertz CT molecular complexity index is 860. The average molecular weight is 368 g/mol. The fraction of sp³-hybridized carbons (Fsp3) is 0.267. The van der Waals surface area contributed by atoms with Crippen LogP contribution < -0.4 is 9.51 Å². The number of hydrogen-bond acceptors (Lipinski definition) is 5. The van der Waals surface area contributed by atoms with Gasteiger partial charge in [-0.15, -0.1) is 11.3 Å². The van der Waals surface area contributed by atoms with Gasteiger partial charge < -0.3 is 5.11 Å². The second-order valence-corrected chi connectivity index (χ2v) is 7.78. The lowest BCUT2D eigenvalue weighted by atomic mass is 10.3. The van der Waals surface area contributed by atoms with E-state index in [2.05, 4.69) is 4.98 Å². The molecule has 8 heteroatoms. The van der Waals surface area contributed by atoms with E-state index in [1.165, 1.54) is 23.1 Å². The van der Waals surface area contributed by atoms with Crippen molar-refractivity contribution in [3.63, 3.8) is 0 Å². The summed E-state index contributed by atoms with van der Waals surface area (Å²) in [7, 11) is 0. The van der Waals surface area contributed by atoms with Crippen LogP contribution in [0.15, 0.2) is 30.6 Å². The normalized spacial score (nSPS) is 11.2. The van der Waals surface area contributed by atoms with Crippen LogP contribution in [0, 0.1) is 0 Å². The molecule has 3 rings (SSSR count). The fourth-order valence-corrected chi connectivity index (χ4v) is 3.85. The van der Waals surface area contributed by atoms with Crippen LogP contribution in [0.4, 0.5) is 0 Å². The molecule has 0 N–H and O–H groups in total. The molecule has 0 radical (unpaired) electrons. The van der Waals surface area contributed by atoms with Crippen molar-refractivity contribution >= 4 is 46.1 Å². The first-order valence-electron chi connectivity index (χ1n) is 7.03. The summed E-state index contributed by atoms with van der Waals surface area (Å²) < 4.78 is 3.70. The Kier molecular flexibility index (Phi) is 4.89. The third-order valence-electron chi connectivity index (χ3n) is 3.34. The summed E-state index contributed by atoms with van der Waals surface area (Å²) in [6, 6.07) is 5.48. The summed E-state index contributed by atoms with van der Waals surface area (Å²) in [6.45, 7) is 2.34. The van der Waals surface area contributed by atoms with E-state index in [1.54, 1.807) is 21.4 Å². The van der Waals surface area contributed by atoms with E-state index in [9.17, 15) is 9.90 Å². The highest BCUT2D eigenvalue weighted by Gasteiger charge is 2.25. The predicted molar refractivity (Wildman–Crippen MR) is 90.6 cm³/mol. The van der Waals surface area contributed by atoms with E-state index < -0.39 is 0 Å². The van der Waals surface area contributed by atoms with Gasteiger partial charge in [0.25, 0.3) is 5.65 Å². The van der Waals surface area contributed by atoms with Crippen LogP contribution in [0.2, 0.25) is 4.47 Å². The minimum Gasteiger partial charge on any atom is -0.839 e. The summed E-state index contributed by atoms with van der Waals surface area (Å²) in [5, 5.41) is 12.8. The maximum absolute atomic E-state index is 12.8. The van der Waals surface area contributed by atoms with Crippen molar-refractivity contribution < 1.29 is 14.3 Å². The summed E-state index contributed by atoms with van der Waals surface area (Å²) in [5.74, 6) is 0.716. The molecule has 0 bridgehead atoms. The fourth-order valence-electron chi connectivity index (χ4n) is 2.36. The van der Waals surface area contributed by atoms with Crippen LogP contribution in [0.25, 0.3) is 5.65 Å². The first kappa shape index (κ1) is 16.3. The Morgan fingerprint density at radius 3 is 3.04 bits per heavy atom. The summed E-state index contributed by atoms with van der Waals surface area (Å²) in [6.07, 6.45) is 3.40. The maximum atomic E-state index is 12.8. The number of carbonyl (C=O) groups is 1. The number of halogens is 1. The lowest BCUT2D eigenvalue weighted by Gasteiger charge is -2.05. The largest absolute Gasteiger partial charge is 0.839 e. The molecule has 0 amide bonds. The number of pyridine rings is 1. The molecule has 0 atom stereocenters. The van der Waals surface area contributed by atoms with Gasteiger partial charge in [0.1, 0.15) is 12.4 Å². The number of nitrogens with zero attached hydrogens (tertiary/aromatic N) is 3. The van der Waals surface area contributed by atoms with Gasteiger partial charge in [-0.1, -0.05) is 24.6 Å². The molecule has 3 heterocycles.